The summed E-state index contributed by atoms with van der Waals surface area (Å²) in [6.07, 6.45) is 1.83. The Morgan fingerprint density at radius 2 is 2.25 bits per heavy atom. The molecule has 0 radical (unpaired) electrons. The molecule has 0 saturated carbocycles. The van der Waals surface area contributed by atoms with Gasteiger partial charge in [-0.2, -0.15) is 0 Å². The summed E-state index contributed by atoms with van der Waals surface area (Å²) in [7, 11) is 2.01. The molecule has 1 N–H and O–H groups in total. The Bertz CT molecular complexity index is 335. The summed E-state index contributed by atoms with van der Waals surface area (Å²) in [5.74, 6) is 1.74. The second kappa shape index (κ2) is 4.93. The predicted octanol–water partition coefficient (Wildman–Crippen LogP) is 0.338. The molecular formula is C11H21N5. The molecule has 1 aliphatic rings. The Morgan fingerprint density at radius 1 is 1.44 bits per heavy atom. The molecule has 0 fully saturated rings. The highest BCUT2D eigenvalue weighted by Crippen LogP contribution is 2.16. The van der Waals surface area contributed by atoms with Crippen molar-refractivity contribution in [3.05, 3.63) is 12.2 Å². The van der Waals surface area contributed by atoms with Crippen molar-refractivity contribution in [1.29, 1.82) is 0 Å². The van der Waals surface area contributed by atoms with E-state index in [1.54, 1.807) is 0 Å². The van der Waals surface area contributed by atoms with Gasteiger partial charge < -0.3 is 9.88 Å². The van der Waals surface area contributed by atoms with Crippen LogP contribution in [0.25, 0.3) is 0 Å². The zero-order chi connectivity index (χ0) is 11.5. The van der Waals surface area contributed by atoms with E-state index in [-0.39, 0.29) is 0 Å². The number of fused-ring (bicyclic) bond motifs is 1. The first kappa shape index (κ1) is 11.5. The molecule has 2 heterocycles. The third-order valence-corrected chi connectivity index (χ3v) is 3.59. The number of nitrogens with one attached hydrogen (secondary N) is 1. The van der Waals surface area contributed by atoms with E-state index >= 15 is 0 Å². The van der Waals surface area contributed by atoms with Crippen molar-refractivity contribution < 1.29 is 0 Å². The Morgan fingerprint density at radius 3 is 3.00 bits per heavy atom. The summed E-state index contributed by atoms with van der Waals surface area (Å²) in [6, 6.07) is 0.581. The van der Waals surface area contributed by atoms with Crippen LogP contribution < -0.4 is 5.32 Å². The number of hydrogen-bond acceptors (Lipinski definition) is 4. The van der Waals surface area contributed by atoms with Crippen LogP contribution in [0.4, 0.5) is 0 Å². The van der Waals surface area contributed by atoms with Crippen LogP contribution in [0, 0.1) is 5.92 Å². The molecule has 0 spiro atoms. The first-order valence-corrected chi connectivity index (χ1v) is 5.97. The van der Waals surface area contributed by atoms with Gasteiger partial charge in [-0.25, -0.2) is 0 Å². The Balaban J connectivity index is 1.97. The third-order valence-electron chi connectivity index (χ3n) is 3.59. The topological polar surface area (TPSA) is 46.0 Å². The van der Waals surface area contributed by atoms with E-state index in [1.165, 1.54) is 0 Å². The maximum atomic E-state index is 4.15. The van der Waals surface area contributed by atoms with Crippen LogP contribution in [0.5, 0.6) is 0 Å². The minimum absolute atomic E-state index is 0.581. The molecule has 0 aromatic carbocycles. The predicted molar refractivity (Wildman–Crippen MR) is 63.0 cm³/mol. The lowest BCUT2D eigenvalue weighted by molar-refractivity contribution is 0.124. The van der Waals surface area contributed by atoms with Gasteiger partial charge in [0.2, 0.25) is 0 Å². The van der Waals surface area contributed by atoms with Crippen LogP contribution in [0.3, 0.4) is 0 Å². The molecule has 1 aromatic heterocycles. The van der Waals surface area contributed by atoms with Gasteiger partial charge in [0.15, 0.2) is 0 Å². The largest absolute Gasteiger partial charge is 0.319 e. The Hall–Kier alpha value is -0.940. The van der Waals surface area contributed by atoms with Gasteiger partial charge >= 0.3 is 0 Å². The molecule has 90 valence electrons. The molecule has 0 saturated heterocycles. The molecule has 1 aromatic rings. The molecule has 2 unspecified atom stereocenters. The second-order valence-corrected chi connectivity index (χ2v) is 4.69. The fourth-order valence-corrected chi connectivity index (χ4v) is 2.29. The molecule has 2 atom stereocenters. The molecular weight excluding hydrogens is 202 g/mol. The van der Waals surface area contributed by atoms with E-state index in [4.69, 9.17) is 0 Å². The summed E-state index contributed by atoms with van der Waals surface area (Å²) in [5.41, 5.74) is 0. The quantitative estimate of drug-likeness (QED) is 0.799. The van der Waals surface area contributed by atoms with E-state index < -0.39 is 0 Å². The lowest BCUT2D eigenvalue weighted by Gasteiger charge is -2.35. The highest BCUT2D eigenvalue weighted by atomic mass is 15.3. The van der Waals surface area contributed by atoms with Crippen molar-refractivity contribution in [2.75, 3.05) is 20.1 Å². The third kappa shape index (κ3) is 2.25. The van der Waals surface area contributed by atoms with Crippen molar-refractivity contribution in [3.63, 3.8) is 0 Å². The highest BCUT2D eigenvalue weighted by molar-refractivity contribution is 4.91. The normalized spacial score (nSPS) is 20.4. The van der Waals surface area contributed by atoms with Crippen LogP contribution in [0.2, 0.25) is 0 Å². The molecule has 16 heavy (non-hydrogen) atoms. The number of nitrogens with zero attached hydrogens (tertiary/aromatic N) is 4. The van der Waals surface area contributed by atoms with Crippen LogP contribution in [0.15, 0.2) is 6.33 Å². The van der Waals surface area contributed by atoms with Gasteiger partial charge in [0.05, 0.1) is 6.54 Å². The van der Waals surface area contributed by atoms with Crippen LogP contribution in [-0.4, -0.2) is 45.8 Å². The average Bonchev–Trinajstić information content (AvgIpc) is 2.75. The maximum Gasteiger partial charge on any atom is 0.147 e. The zero-order valence-electron chi connectivity index (χ0n) is 10.3. The molecule has 0 amide bonds. The average molecular weight is 223 g/mol. The van der Waals surface area contributed by atoms with Crippen molar-refractivity contribution in [2.45, 2.75) is 33.0 Å². The Kier molecular flexibility index (Phi) is 3.56. The molecule has 5 heteroatoms. The van der Waals surface area contributed by atoms with Crippen LogP contribution >= 0.6 is 0 Å². The first-order valence-electron chi connectivity index (χ1n) is 5.97. The fraction of sp³-hybridized carbons (Fsp3) is 0.818. The van der Waals surface area contributed by atoms with E-state index in [1.807, 2.05) is 13.4 Å². The van der Waals surface area contributed by atoms with Gasteiger partial charge in [0.1, 0.15) is 12.2 Å². The minimum Gasteiger partial charge on any atom is -0.319 e. The van der Waals surface area contributed by atoms with Crippen molar-refractivity contribution in [1.82, 2.24) is 25.0 Å². The number of aromatic nitrogens is 3. The lowest BCUT2D eigenvalue weighted by atomic mass is 10.0. The standard InChI is InChI=1S/C11H21N5/c1-9(6-12-3)10(2)15-4-5-16-8-13-14-11(16)7-15/h8-10,12H,4-7H2,1-3H3. The van der Waals surface area contributed by atoms with Crippen molar-refractivity contribution >= 4 is 0 Å². The van der Waals surface area contributed by atoms with Crippen molar-refractivity contribution in [2.24, 2.45) is 5.92 Å². The highest BCUT2D eigenvalue weighted by Gasteiger charge is 2.24. The van der Waals surface area contributed by atoms with Crippen LogP contribution in [-0.2, 0) is 13.1 Å². The van der Waals surface area contributed by atoms with Gasteiger partial charge in [-0.05, 0) is 26.4 Å². The van der Waals surface area contributed by atoms with Gasteiger partial charge in [-0.15, -0.1) is 10.2 Å². The van der Waals surface area contributed by atoms with E-state index in [9.17, 15) is 0 Å². The van der Waals surface area contributed by atoms with Crippen LogP contribution in [0.1, 0.15) is 19.7 Å². The van der Waals surface area contributed by atoms with E-state index in [2.05, 4.69) is 38.8 Å². The first-order chi connectivity index (χ1) is 7.72. The van der Waals surface area contributed by atoms with Gasteiger partial charge in [0, 0.05) is 19.1 Å². The van der Waals surface area contributed by atoms with Gasteiger partial charge in [0.25, 0.3) is 0 Å². The number of hydrogen-bond donors (Lipinski definition) is 1. The summed E-state index contributed by atoms with van der Waals surface area (Å²) in [4.78, 5) is 2.49. The number of rotatable bonds is 4. The molecule has 0 aliphatic carbocycles. The fourth-order valence-electron chi connectivity index (χ4n) is 2.29. The second-order valence-electron chi connectivity index (χ2n) is 4.69. The minimum atomic E-state index is 0.581. The SMILES string of the molecule is CNCC(C)C(C)N1CCn2cnnc2C1. The summed E-state index contributed by atoms with van der Waals surface area (Å²) in [6.45, 7) is 8.69. The lowest BCUT2D eigenvalue weighted by Crippen LogP contribution is -2.44. The van der Waals surface area contributed by atoms with E-state index in [0.717, 1.165) is 32.0 Å². The Labute approximate surface area is 96.8 Å². The smallest absolute Gasteiger partial charge is 0.147 e. The summed E-state index contributed by atoms with van der Waals surface area (Å²) >= 11 is 0. The summed E-state index contributed by atoms with van der Waals surface area (Å²) < 4.78 is 2.14. The molecule has 1 aliphatic heterocycles. The monoisotopic (exact) mass is 223 g/mol. The van der Waals surface area contributed by atoms with Gasteiger partial charge in [-0.3, -0.25) is 4.90 Å². The zero-order valence-corrected chi connectivity index (χ0v) is 10.3. The molecule has 2 rings (SSSR count). The maximum absolute atomic E-state index is 4.15. The summed E-state index contributed by atoms with van der Waals surface area (Å²) in [5, 5.41) is 11.3. The van der Waals surface area contributed by atoms with Crippen molar-refractivity contribution in [3.8, 4) is 0 Å². The van der Waals surface area contributed by atoms with Gasteiger partial charge in [-0.1, -0.05) is 6.92 Å². The molecule has 5 nitrogen and oxygen atoms in total. The van der Waals surface area contributed by atoms with E-state index in [0.29, 0.717) is 12.0 Å². The molecule has 0 bridgehead atoms.